The maximum atomic E-state index is 11.9. The molecule has 1 aliphatic rings. The predicted octanol–water partition coefficient (Wildman–Crippen LogP) is 4.75. The molecule has 224 valence electrons. The molecular formula is C30H40N8O3S. The number of carbonyl (C=O) groups excluding carboxylic acids is 1. The van der Waals surface area contributed by atoms with Crippen LogP contribution in [-0.2, 0) is 14.8 Å². The van der Waals surface area contributed by atoms with E-state index in [1.807, 2.05) is 57.2 Å². The molecule has 0 saturated carbocycles. The van der Waals surface area contributed by atoms with Gasteiger partial charge in [0, 0.05) is 48.4 Å². The third-order valence-corrected chi connectivity index (χ3v) is 7.47. The number of hydrogen-bond donors (Lipinski definition) is 2. The number of rotatable bonds is 11. The zero-order valence-electron chi connectivity index (χ0n) is 25.4. The molecule has 0 saturated heterocycles. The highest BCUT2D eigenvalue weighted by Crippen LogP contribution is 2.31. The number of hydrogen-bond acceptors (Lipinski definition) is 8. The summed E-state index contributed by atoms with van der Waals surface area (Å²) in [4.78, 5) is 25.5. The standard InChI is InChI=1S/C30H40N8O3S/c1-8-10-25(39)32-22-13-11-21(12-14-22)28-34-29-26(27(30(4,5)6)35-38(29)36-28)33-24-16-15-23(19-20(24)3)37(9-2)18-17-31-42(7,40)41/h11-16,19,31H,8-10,17-18H2,1-7H3,(H,32,39). The van der Waals surface area contributed by atoms with Gasteiger partial charge in [-0.05, 0) is 68.3 Å². The summed E-state index contributed by atoms with van der Waals surface area (Å²) in [6.07, 6.45) is 2.44. The molecule has 3 aromatic rings. The Kier molecular flexibility index (Phi) is 9.27. The van der Waals surface area contributed by atoms with Crippen LogP contribution in [0.4, 0.5) is 17.1 Å². The smallest absolute Gasteiger partial charge is 0.224 e. The lowest BCUT2D eigenvalue weighted by Crippen LogP contribution is -2.34. The summed E-state index contributed by atoms with van der Waals surface area (Å²) in [6, 6.07) is 13.5. The number of carbonyl (C=O) groups is 1. The number of benzene rings is 2. The van der Waals surface area contributed by atoms with E-state index in [0.717, 1.165) is 53.1 Å². The lowest BCUT2D eigenvalue weighted by molar-refractivity contribution is -0.116. The van der Waals surface area contributed by atoms with Crippen molar-refractivity contribution in [2.75, 3.05) is 36.1 Å². The number of fused-ring (bicyclic) bond motifs is 1. The first-order valence-corrected chi connectivity index (χ1v) is 16.0. The van der Waals surface area contributed by atoms with E-state index in [0.29, 0.717) is 36.9 Å². The summed E-state index contributed by atoms with van der Waals surface area (Å²) < 4.78 is 25.5. The number of aryl methyl sites for hydroxylation is 1. The molecule has 0 atom stereocenters. The summed E-state index contributed by atoms with van der Waals surface area (Å²) in [6.45, 7) is 13.9. The predicted molar refractivity (Wildman–Crippen MR) is 169 cm³/mol. The van der Waals surface area contributed by atoms with Gasteiger partial charge < -0.3 is 10.2 Å². The third kappa shape index (κ3) is 7.48. The van der Waals surface area contributed by atoms with Crippen LogP contribution in [0.2, 0.25) is 0 Å². The Balaban J connectivity index is 1.62. The van der Waals surface area contributed by atoms with E-state index in [-0.39, 0.29) is 11.3 Å². The maximum Gasteiger partial charge on any atom is 0.224 e. The van der Waals surface area contributed by atoms with Crippen LogP contribution in [0.3, 0.4) is 0 Å². The topological polar surface area (TPSA) is 134 Å². The van der Waals surface area contributed by atoms with E-state index in [1.54, 1.807) is 4.79 Å². The normalized spacial score (nSPS) is 14.2. The Morgan fingerprint density at radius 1 is 1.10 bits per heavy atom. The van der Waals surface area contributed by atoms with Crippen LogP contribution >= 0.6 is 0 Å². The molecule has 2 heterocycles. The van der Waals surface area contributed by atoms with Gasteiger partial charge in [0.15, 0.2) is 5.82 Å². The number of aromatic nitrogens is 3. The second-order valence-corrected chi connectivity index (χ2v) is 13.2. The van der Waals surface area contributed by atoms with E-state index < -0.39 is 10.0 Å². The Morgan fingerprint density at radius 2 is 1.81 bits per heavy atom. The molecule has 4 rings (SSSR count). The molecule has 11 nitrogen and oxygen atoms in total. The molecule has 0 unspecified atom stereocenters. The summed E-state index contributed by atoms with van der Waals surface area (Å²) >= 11 is 0. The second kappa shape index (κ2) is 12.5. The summed E-state index contributed by atoms with van der Waals surface area (Å²) in [5.74, 6) is 1.08. The van der Waals surface area contributed by atoms with Crippen molar-refractivity contribution < 1.29 is 13.2 Å². The average molecular weight is 593 g/mol. The summed E-state index contributed by atoms with van der Waals surface area (Å²) in [5.41, 5.74) is 5.47. The Labute approximate surface area is 248 Å². The largest absolute Gasteiger partial charge is 0.370 e. The number of anilines is 2. The Morgan fingerprint density at radius 3 is 2.40 bits per heavy atom. The fourth-order valence-corrected chi connectivity index (χ4v) is 5.03. The molecule has 1 aliphatic heterocycles. The first kappa shape index (κ1) is 31.0. The van der Waals surface area contributed by atoms with Gasteiger partial charge in [-0.15, -0.1) is 9.89 Å². The minimum absolute atomic E-state index is 0.0103. The van der Waals surface area contributed by atoms with Crippen molar-refractivity contribution in [3.05, 3.63) is 53.9 Å². The number of amides is 1. The summed E-state index contributed by atoms with van der Waals surface area (Å²) in [5, 5.41) is 12.3. The number of nitrogens with zero attached hydrogens (tertiary/aromatic N) is 6. The van der Waals surface area contributed by atoms with E-state index in [4.69, 9.17) is 15.1 Å². The van der Waals surface area contributed by atoms with Gasteiger partial charge in [0.25, 0.3) is 0 Å². The quantitative estimate of drug-likeness (QED) is 0.330. The molecule has 0 spiro atoms. The first-order valence-electron chi connectivity index (χ1n) is 14.2. The van der Waals surface area contributed by atoms with E-state index in [1.165, 1.54) is 0 Å². The lowest BCUT2D eigenvalue weighted by atomic mass is 9.87. The molecular weight excluding hydrogens is 552 g/mol. The van der Waals surface area contributed by atoms with Gasteiger partial charge in [0.1, 0.15) is 5.71 Å². The van der Waals surface area contributed by atoms with E-state index in [2.05, 4.69) is 46.9 Å². The highest BCUT2D eigenvalue weighted by Gasteiger charge is 2.35. The molecule has 1 aromatic heterocycles. The maximum absolute atomic E-state index is 11.9. The van der Waals surface area contributed by atoms with Crippen molar-refractivity contribution in [3.8, 4) is 11.4 Å². The highest BCUT2D eigenvalue weighted by molar-refractivity contribution is 7.88. The molecule has 2 aromatic carbocycles. The number of likely N-dealkylation sites (N-methyl/N-ethyl adjacent to an activating group) is 1. The van der Waals surface area contributed by atoms with Crippen molar-refractivity contribution in [2.24, 2.45) is 15.5 Å². The van der Waals surface area contributed by atoms with Crippen LogP contribution in [0.15, 0.2) is 52.6 Å². The van der Waals surface area contributed by atoms with Crippen LogP contribution in [0.5, 0.6) is 0 Å². The van der Waals surface area contributed by atoms with Gasteiger partial charge in [-0.3, -0.25) is 4.79 Å². The molecule has 0 aliphatic carbocycles. The number of nitrogens with one attached hydrogen (secondary N) is 2. The van der Waals surface area contributed by atoms with Crippen LogP contribution in [0.1, 0.15) is 58.8 Å². The van der Waals surface area contributed by atoms with Crippen LogP contribution in [-0.4, -0.2) is 66.5 Å². The Hall–Kier alpha value is -3.90. The second-order valence-electron chi connectivity index (χ2n) is 11.4. The summed E-state index contributed by atoms with van der Waals surface area (Å²) in [7, 11) is -3.24. The van der Waals surface area contributed by atoms with Crippen molar-refractivity contribution in [2.45, 2.75) is 54.4 Å². The minimum atomic E-state index is -3.24. The molecule has 0 fully saturated rings. The zero-order chi connectivity index (χ0) is 30.7. The van der Waals surface area contributed by atoms with Gasteiger partial charge in [0.05, 0.1) is 17.7 Å². The van der Waals surface area contributed by atoms with Crippen LogP contribution in [0, 0.1) is 12.3 Å². The zero-order valence-corrected chi connectivity index (χ0v) is 26.2. The molecule has 2 N–H and O–H groups in total. The van der Waals surface area contributed by atoms with Crippen molar-refractivity contribution in [1.82, 2.24) is 19.6 Å². The van der Waals surface area contributed by atoms with Crippen molar-refractivity contribution >= 4 is 44.4 Å². The van der Waals surface area contributed by atoms with E-state index >= 15 is 0 Å². The van der Waals surface area contributed by atoms with Gasteiger partial charge in [-0.25, -0.2) is 23.1 Å². The molecule has 42 heavy (non-hydrogen) atoms. The van der Waals surface area contributed by atoms with Gasteiger partial charge in [-0.2, -0.15) is 5.10 Å². The van der Waals surface area contributed by atoms with Crippen molar-refractivity contribution in [3.63, 3.8) is 0 Å². The van der Waals surface area contributed by atoms with Gasteiger partial charge in [0.2, 0.25) is 21.8 Å². The van der Waals surface area contributed by atoms with Crippen LogP contribution < -0.4 is 14.9 Å². The fraction of sp³-hybridized carbons (Fsp3) is 0.433. The Bertz CT molecular complexity index is 1620. The SMILES string of the molecule is CCCC(=O)Nc1ccc(-c2nc3n(n2)N=C(C(C)(C)C)C3=Nc2ccc(N(CC)CCNS(C)(=O)=O)cc2C)cc1. The molecule has 0 bridgehead atoms. The molecule has 12 heteroatoms. The van der Waals surface area contributed by atoms with Crippen LogP contribution in [0.25, 0.3) is 11.4 Å². The number of sulfonamides is 1. The highest BCUT2D eigenvalue weighted by atomic mass is 32.2. The van der Waals surface area contributed by atoms with Crippen molar-refractivity contribution in [1.29, 1.82) is 0 Å². The van der Waals surface area contributed by atoms with E-state index in [9.17, 15) is 13.2 Å². The van der Waals surface area contributed by atoms with Gasteiger partial charge in [-0.1, -0.05) is 27.7 Å². The lowest BCUT2D eigenvalue weighted by Gasteiger charge is -2.24. The number of aliphatic imine (C=N–C) groups is 1. The van der Waals surface area contributed by atoms with Gasteiger partial charge >= 0.3 is 0 Å². The third-order valence-electron chi connectivity index (χ3n) is 6.74. The fourth-order valence-electron chi connectivity index (χ4n) is 4.57. The average Bonchev–Trinajstić information content (AvgIpc) is 3.47. The minimum Gasteiger partial charge on any atom is -0.370 e. The molecule has 1 amide bonds. The monoisotopic (exact) mass is 592 g/mol. The first-order chi connectivity index (χ1) is 19.8. The molecule has 0 radical (unpaired) electrons.